The molecule has 0 saturated carbocycles. The molecule has 0 fully saturated rings. The topological polar surface area (TPSA) is 87.0 Å². The van der Waals surface area contributed by atoms with Gasteiger partial charge in [-0.25, -0.2) is 0 Å². The molecule has 1 amide bonds. The highest BCUT2D eigenvalue weighted by Crippen LogP contribution is 2.30. The van der Waals surface area contributed by atoms with E-state index in [0.717, 1.165) is 22.1 Å². The summed E-state index contributed by atoms with van der Waals surface area (Å²) in [6.07, 6.45) is 1.29. The highest BCUT2D eigenvalue weighted by Gasteiger charge is 2.21. The van der Waals surface area contributed by atoms with Gasteiger partial charge in [-0.3, -0.25) is 9.59 Å². The molecule has 7 nitrogen and oxygen atoms in total. The summed E-state index contributed by atoms with van der Waals surface area (Å²) in [4.78, 5) is 24.1. The molecule has 0 spiro atoms. The highest BCUT2D eigenvalue weighted by molar-refractivity contribution is 5.87. The van der Waals surface area contributed by atoms with Crippen molar-refractivity contribution in [3.8, 4) is 11.5 Å². The number of esters is 1. The summed E-state index contributed by atoms with van der Waals surface area (Å²) in [5.41, 5.74) is 2.53. The zero-order valence-corrected chi connectivity index (χ0v) is 16.0. The summed E-state index contributed by atoms with van der Waals surface area (Å²) < 4.78 is 21.9. The number of benzene rings is 2. The first-order valence-corrected chi connectivity index (χ1v) is 9.36. The lowest BCUT2D eigenvalue weighted by Crippen LogP contribution is -2.42. The smallest absolute Gasteiger partial charge is 0.310 e. The number of hydrogen-bond donors (Lipinski definition) is 1. The van der Waals surface area contributed by atoms with Crippen LogP contribution in [0.5, 0.6) is 11.5 Å². The average Bonchev–Trinajstić information content (AvgIpc) is 3.12. The predicted octanol–water partition coefficient (Wildman–Crippen LogP) is 2.78. The molecular formula is C22H21NO6. The van der Waals surface area contributed by atoms with Crippen molar-refractivity contribution in [2.45, 2.75) is 19.4 Å². The monoisotopic (exact) mass is 395 g/mol. The Hall–Kier alpha value is -3.48. The minimum Gasteiger partial charge on any atom is -0.486 e. The second kappa shape index (κ2) is 8.26. The van der Waals surface area contributed by atoms with Crippen molar-refractivity contribution in [2.24, 2.45) is 0 Å². The van der Waals surface area contributed by atoms with Gasteiger partial charge in [-0.05, 0) is 30.7 Å². The van der Waals surface area contributed by atoms with Gasteiger partial charge in [0.15, 0.2) is 18.1 Å². The minimum atomic E-state index is -0.491. The molecule has 0 saturated heterocycles. The van der Waals surface area contributed by atoms with E-state index in [-0.39, 0.29) is 25.7 Å². The summed E-state index contributed by atoms with van der Waals surface area (Å²) in [5, 5.41) is 3.56. The lowest BCUT2D eigenvalue weighted by atomic mass is 10.1. The average molecular weight is 395 g/mol. The zero-order valence-electron chi connectivity index (χ0n) is 16.0. The van der Waals surface area contributed by atoms with E-state index >= 15 is 0 Å². The summed E-state index contributed by atoms with van der Waals surface area (Å²) in [5.74, 6) is 0.445. The van der Waals surface area contributed by atoms with Crippen LogP contribution in [0.3, 0.4) is 0 Å². The Bertz CT molecular complexity index is 1040. The summed E-state index contributed by atoms with van der Waals surface area (Å²) in [6.45, 7) is 2.22. The Morgan fingerprint density at radius 1 is 1.17 bits per heavy atom. The van der Waals surface area contributed by atoms with Gasteiger partial charge in [-0.2, -0.15) is 0 Å². The van der Waals surface area contributed by atoms with E-state index in [1.807, 2.05) is 49.4 Å². The lowest BCUT2D eigenvalue weighted by Gasteiger charge is -2.26. The standard InChI is InChI=1S/C22H21NO6/c1-14-6-7-17-15(11-26-20(17)8-14)9-22(25)28-13-21(24)23-10-16-12-27-18-4-2-3-5-19(18)29-16/h2-8,11,16H,9-10,12-13H2,1H3,(H,23,24)/t16-/m1/s1. The number of nitrogens with one attached hydrogen (secondary N) is 1. The van der Waals surface area contributed by atoms with Crippen LogP contribution in [0.2, 0.25) is 0 Å². The number of furan rings is 1. The fraction of sp³-hybridized carbons (Fsp3) is 0.273. The van der Waals surface area contributed by atoms with Gasteiger partial charge in [-0.15, -0.1) is 0 Å². The van der Waals surface area contributed by atoms with Gasteiger partial charge in [0.2, 0.25) is 0 Å². The Morgan fingerprint density at radius 3 is 2.86 bits per heavy atom. The van der Waals surface area contributed by atoms with Crippen LogP contribution < -0.4 is 14.8 Å². The molecule has 3 aromatic rings. The number of aryl methyl sites for hydroxylation is 1. The van der Waals surface area contributed by atoms with E-state index < -0.39 is 11.9 Å². The molecule has 2 heterocycles. The Balaban J connectivity index is 1.22. The van der Waals surface area contributed by atoms with Gasteiger partial charge in [0.05, 0.1) is 19.2 Å². The number of carbonyl (C=O) groups is 2. The SMILES string of the molecule is Cc1ccc2c(CC(=O)OCC(=O)NC[C@@H]3COc4ccccc4O3)coc2c1. The molecule has 29 heavy (non-hydrogen) atoms. The van der Waals surface area contributed by atoms with Crippen LogP contribution >= 0.6 is 0 Å². The van der Waals surface area contributed by atoms with Crippen LogP contribution in [0.4, 0.5) is 0 Å². The van der Waals surface area contributed by atoms with Crippen molar-refractivity contribution < 1.29 is 28.2 Å². The molecule has 0 unspecified atom stereocenters. The van der Waals surface area contributed by atoms with Crippen molar-refractivity contribution >= 4 is 22.8 Å². The molecule has 0 aliphatic carbocycles. The van der Waals surface area contributed by atoms with Gasteiger partial charge >= 0.3 is 5.97 Å². The maximum Gasteiger partial charge on any atom is 0.310 e. The number of amides is 1. The van der Waals surface area contributed by atoms with Gasteiger partial charge in [0, 0.05) is 10.9 Å². The maximum atomic E-state index is 12.1. The van der Waals surface area contributed by atoms with Crippen LogP contribution in [-0.2, 0) is 20.7 Å². The van der Waals surface area contributed by atoms with Crippen LogP contribution in [0.1, 0.15) is 11.1 Å². The molecule has 4 rings (SSSR count). The number of fused-ring (bicyclic) bond motifs is 2. The molecule has 1 N–H and O–H groups in total. The van der Waals surface area contributed by atoms with E-state index in [1.165, 1.54) is 0 Å². The van der Waals surface area contributed by atoms with Gasteiger partial charge in [0.25, 0.3) is 5.91 Å². The molecule has 1 aliphatic rings. The van der Waals surface area contributed by atoms with Crippen molar-refractivity contribution in [2.75, 3.05) is 19.8 Å². The van der Waals surface area contributed by atoms with E-state index in [1.54, 1.807) is 6.26 Å². The van der Waals surface area contributed by atoms with Crippen LogP contribution in [0, 0.1) is 6.92 Å². The first kappa shape index (κ1) is 18.9. The number of para-hydroxylation sites is 2. The molecule has 1 atom stereocenters. The molecular weight excluding hydrogens is 374 g/mol. The van der Waals surface area contributed by atoms with Crippen molar-refractivity contribution in [3.63, 3.8) is 0 Å². The molecule has 0 bridgehead atoms. The summed E-state index contributed by atoms with van der Waals surface area (Å²) in [6, 6.07) is 13.1. The third kappa shape index (κ3) is 4.51. The van der Waals surface area contributed by atoms with E-state index in [4.69, 9.17) is 18.6 Å². The van der Waals surface area contributed by atoms with Crippen molar-refractivity contribution in [1.29, 1.82) is 0 Å². The van der Waals surface area contributed by atoms with Crippen molar-refractivity contribution in [3.05, 3.63) is 59.9 Å². The molecule has 1 aliphatic heterocycles. The number of rotatable bonds is 6. The van der Waals surface area contributed by atoms with Gasteiger partial charge < -0.3 is 23.9 Å². The molecule has 7 heteroatoms. The second-order valence-electron chi connectivity index (χ2n) is 6.90. The largest absolute Gasteiger partial charge is 0.486 e. The summed E-state index contributed by atoms with van der Waals surface area (Å²) >= 11 is 0. The third-order valence-electron chi connectivity index (χ3n) is 4.60. The Kier molecular flexibility index (Phi) is 5.37. The lowest BCUT2D eigenvalue weighted by molar-refractivity contribution is -0.148. The van der Waals surface area contributed by atoms with E-state index in [0.29, 0.717) is 18.1 Å². The van der Waals surface area contributed by atoms with Crippen LogP contribution in [0.25, 0.3) is 11.0 Å². The quantitative estimate of drug-likeness (QED) is 0.646. The van der Waals surface area contributed by atoms with Gasteiger partial charge in [0.1, 0.15) is 18.3 Å². The number of ether oxygens (including phenoxy) is 3. The van der Waals surface area contributed by atoms with Crippen molar-refractivity contribution in [1.82, 2.24) is 5.32 Å². The normalized spacial score (nSPS) is 15.1. The highest BCUT2D eigenvalue weighted by atomic mass is 16.6. The Morgan fingerprint density at radius 2 is 2.00 bits per heavy atom. The fourth-order valence-corrected chi connectivity index (χ4v) is 3.12. The third-order valence-corrected chi connectivity index (χ3v) is 4.60. The first-order chi connectivity index (χ1) is 14.1. The fourth-order valence-electron chi connectivity index (χ4n) is 3.12. The van der Waals surface area contributed by atoms with E-state index in [9.17, 15) is 9.59 Å². The summed E-state index contributed by atoms with van der Waals surface area (Å²) in [7, 11) is 0. The van der Waals surface area contributed by atoms with Gasteiger partial charge in [-0.1, -0.05) is 24.3 Å². The maximum absolute atomic E-state index is 12.1. The first-order valence-electron chi connectivity index (χ1n) is 9.36. The molecule has 150 valence electrons. The second-order valence-corrected chi connectivity index (χ2v) is 6.90. The molecule has 0 radical (unpaired) electrons. The van der Waals surface area contributed by atoms with Crippen LogP contribution in [-0.4, -0.2) is 37.7 Å². The number of carbonyl (C=O) groups excluding carboxylic acids is 2. The predicted molar refractivity (Wildman–Crippen MR) is 105 cm³/mol. The zero-order chi connectivity index (χ0) is 20.2. The number of hydrogen-bond acceptors (Lipinski definition) is 6. The molecule has 2 aromatic carbocycles. The van der Waals surface area contributed by atoms with E-state index in [2.05, 4.69) is 5.32 Å². The molecule has 1 aromatic heterocycles. The minimum absolute atomic E-state index is 0.0414. The Labute approximate surface area is 167 Å². The van der Waals surface area contributed by atoms with Crippen LogP contribution in [0.15, 0.2) is 53.1 Å².